The van der Waals surface area contributed by atoms with Crippen LogP contribution in [0.4, 0.5) is 13.2 Å². The zero-order valence-corrected chi connectivity index (χ0v) is 20.0. The number of rotatable bonds is 9. The van der Waals surface area contributed by atoms with E-state index < -0.39 is 77.3 Å². The van der Waals surface area contributed by atoms with E-state index in [1.54, 1.807) is 0 Å². The van der Waals surface area contributed by atoms with Crippen molar-refractivity contribution in [3.8, 4) is 23.0 Å². The normalized spacial score (nSPS) is 12.9. The number of halogens is 3. The Morgan fingerprint density at radius 2 is 1.45 bits per heavy atom. The molecule has 202 valence electrons. The maximum Gasteiger partial charge on any atom is 0.416 e. The summed E-state index contributed by atoms with van der Waals surface area (Å²) < 4.78 is 64.2. The van der Waals surface area contributed by atoms with E-state index in [1.807, 2.05) is 0 Å². The van der Waals surface area contributed by atoms with Crippen molar-refractivity contribution in [1.29, 1.82) is 0 Å². The maximum atomic E-state index is 13.0. The number of hydrogen-bond acceptors (Lipinski definition) is 10. The summed E-state index contributed by atoms with van der Waals surface area (Å²) in [5.74, 6) is -4.20. The van der Waals surface area contributed by atoms with Gasteiger partial charge in [-0.3, -0.25) is 0 Å². The third kappa shape index (κ3) is 7.44. The molecule has 0 radical (unpaired) electrons. The highest BCUT2D eigenvalue weighted by molar-refractivity contribution is 7.89. The second kappa shape index (κ2) is 11.9. The SMILES string of the molecule is O=C(OCC(CN[S+]([O-])c1cccc(C(F)(F)F)c1)OC(=O)c1ccc(O)c(O)c1)c1ccc(O)c(O)c1. The van der Waals surface area contributed by atoms with Crippen LogP contribution in [0.25, 0.3) is 0 Å². The highest BCUT2D eigenvalue weighted by Gasteiger charge is 2.32. The minimum absolute atomic E-state index is 0.158. The average molecular weight is 555 g/mol. The minimum Gasteiger partial charge on any atom is -0.593 e. The van der Waals surface area contributed by atoms with Gasteiger partial charge in [0.05, 0.1) is 34.6 Å². The Hall–Kier alpha value is -4.14. The molecule has 0 bridgehead atoms. The Morgan fingerprint density at radius 3 is 2.00 bits per heavy atom. The lowest BCUT2D eigenvalue weighted by atomic mass is 10.2. The van der Waals surface area contributed by atoms with Crippen LogP contribution in [-0.4, -0.2) is 56.2 Å². The van der Waals surface area contributed by atoms with Crippen molar-refractivity contribution in [3.63, 3.8) is 0 Å². The molecule has 3 aromatic carbocycles. The molecular weight excluding hydrogens is 535 g/mol. The summed E-state index contributed by atoms with van der Waals surface area (Å²) in [5.41, 5.74) is -1.38. The Morgan fingerprint density at radius 1 is 0.868 bits per heavy atom. The van der Waals surface area contributed by atoms with Crippen LogP contribution in [0.1, 0.15) is 26.3 Å². The van der Waals surface area contributed by atoms with Gasteiger partial charge in [-0.15, -0.1) is 4.72 Å². The molecule has 0 aliphatic carbocycles. The van der Waals surface area contributed by atoms with Gasteiger partial charge in [0, 0.05) is 6.07 Å². The molecule has 0 aliphatic rings. The summed E-state index contributed by atoms with van der Waals surface area (Å²) in [6, 6.07) is 9.94. The van der Waals surface area contributed by atoms with Crippen molar-refractivity contribution in [2.45, 2.75) is 17.2 Å². The fourth-order valence-corrected chi connectivity index (χ4v) is 3.89. The molecule has 5 N–H and O–H groups in total. The summed E-state index contributed by atoms with van der Waals surface area (Å²) in [7, 11) is 0. The number of aromatic hydroxyl groups is 4. The van der Waals surface area contributed by atoms with E-state index in [0.717, 1.165) is 48.5 Å². The third-order valence-electron chi connectivity index (χ3n) is 4.91. The number of benzene rings is 3. The van der Waals surface area contributed by atoms with Crippen LogP contribution in [0, 0.1) is 0 Å². The van der Waals surface area contributed by atoms with Crippen molar-refractivity contribution in [2.75, 3.05) is 13.2 Å². The van der Waals surface area contributed by atoms with E-state index in [2.05, 4.69) is 4.72 Å². The van der Waals surface area contributed by atoms with Crippen LogP contribution < -0.4 is 4.72 Å². The Kier molecular flexibility index (Phi) is 8.93. The molecule has 0 saturated heterocycles. The van der Waals surface area contributed by atoms with Gasteiger partial charge in [-0.2, -0.15) is 13.2 Å². The zero-order chi connectivity index (χ0) is 28.0. The molecule has 0 aromatic heterocycles. The van der Waals surface area contributed by atoms with Crippen molar-refractivity contribution in [3.05, 3.63) is 77.4 Å². The van der Waals surface area contributed by atoms with Crippen LogP contribution in [0.3, 0.4) is 0 Å². The fourth-order valence-electron chi connectivity index (χ4n) is 2.95. The van der Waals surface area contributed by atoms with E-state index in [1.165, 1.54) is 6.07 Å². The van der Waals surface area contributed by atoms with Gasteiger partial charge in [0.25, 0.3) is 0 Å². The van der Waals surface area contributed by atoms with Gasteiger partial charge in [0.1, 0.15) is 6.61 Å². The molecule has 10 nitrogen and oxygen atoms in total. The van der Waals surface area contributed by atoms with Gasteiger partial charge < -0.3 is 34.5 Å². The monoisotopic (exact) mass is 555 g/mol. The molecule has 3 aromatic rings. The summed E-state index contributed by atoms with van der Waals surface area (Å²) in [6.07, 6.45) is -5.99. The average Bonchev–Trinajstić information content (AvgIpc) is 2.87. The van der Waals surface area contributed by atoms with Gasteiger partial charge in [-0.25, -0.2) is 9.59 Å². The van der Waals surface area contributed by atoms with Crippen LogP contribution in [0.15, 0.2) is 65.6 Å². The Labute approximate surface area is 216 Å². The summed E-state index contributed by atoms with van der Waals surface area (Å²) >= 11 is -2.19. The molecule has 2 atom stereocenters. The number of carbonyl (C=O) groups is 2. The zero-order valence-electron chi connectivity index (χ0n) is 19.1. The maximum absolute atomic E-state index is 13.0. The second-order valence-electron chi connectivity index (χ2n) is 7.68. The molecule has 0 amide bonds. The quantitative estimate of drug-likeness (QED) is 0.150. The molecule has 0 spiro atoms. The standard InChI is InChI=1S/C24H20F3NO9S/c25-24(26,27)15-2-1-3-17(10-15)38(35)28-11-16(37-23(34)14-5-7-19(30)21(32)9-14)12-36-22(33)13-4-6-18(29)20(31)8-13/h1-10,16,28-32H,11-12H2. The minimum atomic E-state index is -4.66. The number of phenolic OH excluding ortho intramolecular Hbond substituents is 4. The first-order valence-corrected chi connectivity index (χ1v) is 11.7. The van der Waals surface area contributed by atoms with Crippen LogP contribution in [0.2, 0.25) is 0 Å². The van der Waals surface area contributed by atoms with Crippen LogP contribution in [0.5, 0.6) is 23.0 Å². The molecule has 3 rings (SSSR count). The number of esters is 2. The molecule has 0 heterocycles. The number of ether oxygens (including phenoxy) is 2. The largest absolute Gasteiger partial charge is 0.593 e. The van der Waals surface area contributed by atoms with Crippen molar-refractivity contribution in [1.82, 2.24) is 4.72 Å². The van der Waals surface area contributed by atoms with Gasteiger partial charge in [-0.1, -0.05) is 6.07 Å². The number of phenols is 4. The number of carbonyl (C=O) groups excluding carboxylic acids is 2. The van der Waals surface area contributed by atoms with E-state index >= 15 is 0 Å². The van der Waals surface area contributed by atoms with E-state index in [-0.39, 0.29) is 16.0 Å². The van der Waals surface area contributed by atoms with Crippen LogP contribution in [-0.2, 0) is 27.0 Å². The lowest BCUT2D eigenvalue weighted by Crippen LogP contribution is -2.38. The predicted molar refractivity (Wildman–Crippen MR) is 125 cm³/mol. The lowest BCUT2D eigenvalue weighted by molar-refractivity contribution is -0.137. The molecule has 0 aliphatic heterocycles. The second-order valence-corrected chi connectivity index (χ2v) is 8.97. The summed E-state index contributed by atoms with van der Waals surface area (Å²) in [5, 5.41) is 38.0. The number of alkyl halides is 3. The summed E-state index contributed by atoms with van der Waals surface area (Å²) in [4.78, 5) is 24.7. The highest BCUT2D eigenvalue weighted by Crippen LogP contribution is 2.30. The molecular formula is C24H20F3NO9S. The first-order chi connectivity index (χ1) is 17.8. The van der Waals surface area contributed by atoms with Crippen molar-refractivity contribution in [2.24, 2.45) is 0 Å². The Bertz CT molecular complexity index is 1320. The van der Waals surface area contributed by atoms with Gasteiger partial charge >= 0.3 is 18.1 Å². The third-order valence-corrected chi connectivity index (χ3v) is 6.02. The van der Waals surface area contributed by atoms with Gasteiger partial charge in [0.2, 0.25) is 0 Å². The Balaban J connectivity index is 1.73. The number of nitrogens with one attached hydrogen (secondary N) is 1. The first-order valence-electron chi connectivity index (χ1n) is 10.6. The predicted octanol–water partition coefficient (Wildman–Crippen LogP) is 3.22. The summed E-state index contributed by atoms with van der Waals surface area (Å²) in [6.45, 7) is -1.07. The van der Waals surface area contributed by atoms with Crippen LogP contribution >= 0.6 is 0 Å². The van der Waals surface area contributed by atoms with Crippen molar-refractivity contribution < 1.29 is 57.2 Å². The van der Waals surface area contributed by atoms with Crippen molar-refractivity contribution >= 4 is 23.3 Å². The molecule has 0 saturated carbocycles. The molecule has 0 fully saturated rings. The fraction of sp³-hybridized carbons (Fsp3) is 0.167. The van der Waals surface area contributed by atoms with E-state index in [4.69, 9.17) is 9.47 Å². The smallest absolute Gasteiger partial charge is 0.416 e. The highest BCUT2D eigenvalue weighted by atomic mass is 32.2. The number of hydrogen-bond donors (Lipinski definition) is 5. The first kappa shape index (κ1) is 28.4. The molecule has 38 heavy (non-hydrogen) atoms. The molecule has 2 unspecified atom stereocenters. The topological polar surface area (TPSA) is 169 Å². The van der Waals surface area contributed by atoms with E-state index in [9.17, 15) is 47.7 Å². The van der Waals surface area contributed by atoms with Gasteiger partial charge in [-0.05, 0) is 48.5 Å². The molecule has 14 heteroatoms. The van der Waals surface area contributed by atoms with Gasteiger partial charge in [0.15, 0.2) is 34.0 Å². The lowest BCUT2D eigenvalue weighted by Gasteiger charge is -2.20. The van der Waals surface area contributed by atoms with E-state index in [0.29, 0.717) is 6.07 Å².